The highest BCUT2D eigenvalue weighted by Crippen LogP contribution is 2.31. The van der Waals surface area contributed by atoms with E-state index in [0.717, 1.165) is 86.0 Å². The Hall–Kier alpha value is -4.46. The van der Waals surface area contributed by atoms with Gasteiger partial charge in [-0.3, -0.25) is 24.7 Å². The molecule has 13 heteroatoms. The lowest BCUT2D eigenvalue weighted by atomic mass is 9.94. The third kappa shape index (κ3) is 16.9. The van der Waals surface area contributed by atoms with Gasteiger partial charge in [0, 0.05) is 47.4 Å². The summed E-state index contributed by atoms with van der Waals surface area (Å²) in [5, 5.41) is 5.67. The molecule has 8 rings (SSSR count). The average molecular weight is 1020 g/mol. The lowest BCUT2D eigenvalue weighted by Gasteiger charge is -2.36. The maximum atomic E-state index is 13.7. The molecule has 356 valence electrons. The number of likely N-dealkylation sites (tertiary alicyclic amines) is 1. The molecular weight excluding hydrogens is 953 g/mol. The zero-order valence-corrected chi connectivity index (χ0v) is 41.6. The number of pyridine rings is 2. The van der Waals surface area contributed by atoms with Gasteiger partial charge >= 0.3 is 0 Å². The average Bonchev–Trinajstić information content (AvgIpc) is 3.35. The summed E-state index contributed by atoms with van der Waals surface area (Å²) in [6.07, 6.45) is 8.50. The molecule has 0 aliphatic carbocycles. The molecule has 4 heterocycles. The summed E-state index contributed by atoms with van der Waals surface area (Å²) in [5.74, 6) is 1.40. The quantitative estimate of drug-likeness (QED) is 0.0907. The van der Waals surface area contributed by atoms with Crippen LogP contribution in [-0.4, -0.2) is 103 Å². The van der Waals surface area contributed by atoms with Crippen molar-refractivity contribution >= 4 is 39.1 Å². The fraction of sp³-hybridized carbons (Fsp3) is 0.370. The molecule has 1 N–H and O–H groups in total. The molecule has 2 fully saturated rings. The molecule has 2 aliphatic heterocycles. The molecule has 0 radical (unpaired) electrons. The summed E-state index contributed by atoms with van der Waals surface area (Å²) in [6, 6.07) is 41.7. The minimum absolute atomic E-state index is 0.0932. The van der Waals surface area contributed by atoms with Crippen LogP contribution in [0.1, 0.15) is 60.3 Å². The molecule has 2 aromatic heterocycles. The zero-order valence-electron chi connectivity index (χ0n) is 38.5. The first-order valence-electron chi connectivity index (χ1n) is 23.2. The van der Waals surface area contributed by atoms with Gasteiger partial charge in [0.1, 0.15) is 6.61 Å². The number of para-hydroxylation sites is 2. The van der Waals surface area contributed by atoms with E-state index < -0.39 is 0 Å². The Balaban J connectivity index is 0.000000188. The highest BCUT2D eigenvalue weighted by Gasteiger charge is 2.27. The van der Waals surface area contributed by atoms with Crippen LogP contribution in [-0.2, 0) is 0 Å². The summed E-state index contributed by atoms with van der Waals surface area (Å²) in [6.45, 7) is 8.24. The van der Waals surface area contributed by atoms with Crippen molar-refractivity contribution in [1.82, 2.24) is 30.0 Å². The van der Waals surface area contributed by atoms with Gasteiger partial charge < -0.3 is 14.8 Å². The monoisotopic (exact) mass is 1010 g/mol. The molecule has 0 amide bonds. The smallest absolute Gasteiger partial charge is 0.165 e. The summed E-state index contributed by atoms with van der Waals surface area (Å²) in [5.41, 5.74) is 4.57. The minimum Gasteiger partial charge on any atom is -0.490 e. The van der Waals surface area contributed by atoms with Crippen molar-refractivity contribution in [3.8, 4) is 11.5 Å². The number of ether oxygens (including phenoxy) is 2. The Morgan fingerprint density at radius 2 is 1.04 bits per heavy atom. The van der Waals surface area contributed by atoms with Crippen molar-refractivity contribution < 1.29 is 18.3 Å². The fourth-order valence-electron chi connectivity index (χ4n) is 8.71. The van der Waals surface area contributed by atoms with Crippen LogP contribution in [0.4, 0.5) is 8.78 Å². The van der Waals surface area contributed by atoms with Crippen LogP contribution in [0.15, 0.2) is 146 Å². The highest BCUT2D eigenvalue weighted by molar-refractivity contribution is 9.09. The van der Waals surface area contributed by atoms with E-state index in [1.807, 2.05) is 54.9 Å². The molecule has 6 aromatic rings. The van der Waals surface area contributed by atoms with Crippen LogP contribution < -0.4 is 14.8 Å². The number of halogens is 5. The second kappa shape index (κ2) is 28.1. The Labute approximate surface area is 414 Å². The number of rotatable bonds is 17. The Bertz CT molecular complexity index is 2290. The molecule has 2 atom stereocenters. The number of aromatic nitrogens is 2. The number of benzene rings is 4. The van der Waals surface area contributed by atoms with E-state index in [-0.39, 0.29) is 23.7 Å². The lowest BCUT2D eigenvalue weighted by molar-refractivity contribution is 0.127. The zero-order chi connectivity index (χ0) is 47.2. The summed E-state index contributed by atoms with van der Waals surface area (Å²) < 4.78 is 37.2. The number of piperidine rings is 2. The molecule has 67 heavy (non-hydrogen) atoms. The fourth-order valence-corrected chi connectivity index (χ4v) is 9.12. The second-order valence-corrected chi connectivity index (χ2v) is 18.7. The van der Waals surface area contributed by atoms with Crippen molar-refractivity contribution in [3.05, 3.63) is 190 Å². The van der Waals surface area contributed by atoms with Gasteiger partial charge in [0.25, 0.3) is 0 Å². The van der Waals surface area contributed by atoms with E-state index in [0.29, 0.717) is 36.0 Å². The van der Waals surface area contributed by atoms with E-state index in [4.69, 9.17) is 32.7 Å². The van der Waals surface area contributed by atoms with Crippen LogP contribution in [0.2, 0.25) is 10.0 Å². The van der Waals surface area contributed by atoms with Gasteiger partial charge in [-0.1, -0.05) is 99.8 Å². The number of hydrogen-bond donors (Lipinski definition) is 1. The maximum Gasteiger partial charge on any atom is 0.165 e. The van der Waals surface area contributed by atoms with Crippen molar-refractivity contribution in [1.29, 1.82) is 0 Å². The molecule has 0 spiro atoms. The van der Waals surface area contributed by atoms with Crippen molar-refractivity contribution in [3.63, 3.8) is 0 Å². The molecule has 2 aliphatic rings. The predicted octanol–water partition coefficient (Wildman–Crippen LogP) is 12.0. The van der Waals surface area contributed by atoms with Gasteiger partial charge in [0.2, 0.25) is 0 Å². The Morgan fingerprint density at radius 1 is 0.612 bits per heavy atom. The summed E-state index contributed by atoms with van der Waals surface area (Å²) in [7, 11) is 4.39. The van der Waals surface area contributed by atoms with E-state index >= 15 is 0 Å². The van der Waals surface area contributed by atoms with Crippen molar-refractivity contribution in [2.75, 3.05) is 78.5 Å². The third-order valence-electron chi connectivity index (χ3n) is 12.1. The van der Waals surface area contributed by atoms with Crippen LogP contribution >= 0.6 is 39.1 Å². The molecule has 8 nitrogen and oxygen atoms in total. The number of nitrogens with one attached hydrogen (secondary N) is 1. The van der Waals surface area contributed by atoms with Gasteiger partial charge in [0.15, 0.2) is 23.1 Å². The lowest BCUT2D eigenvalue weighted by Crippen LogP contribution is -2.40. The van der Waals surface area contributed by atoms with Gasteiger partial charge in [-0.05, 0) is 162 Å². The van der Waals surface area contributed by atoms with E-state index in [1.165, 1.54) is 36.1 Å². The second-order valence-electron chi connectivity index (χ2n) is 17.0. The van der Waals surface area contributed by atoms with Gasteiger partial charge in [-0.2, -0.15) is 0 Å². The maximum absolute atomic E-state index is 13.7. The standard InChI is InChI=1S/C27H31ClFN3O.C19H24ClN3.C8H8BrFO/c1-31(27(25-7-4-5-15-30-25)22-9-11-23(28)12-10-22)20-21-13-16-32(17-14-21)18-19-33-26-8-3-2-6-24(26)29;1-23(14-15-9-12-21-13-10-15)19(18-4-2-3-11-22-18)16-5-7-17(20)8-6-16;9-5-6-11-8-4-2-1-3-7(8)10/h2-12,15,21,27H,13-14,16-20H2,1H3;2-8,11,15,19,21H,9-10,12-14H2,1H3;1-4H,5-6H2. The molecule has 2 saturated heterocycles. The van der Waals surface area contributed by atoms with Crippen molar-refractivity contribution in [2.45, 2.75) is 37.8 Å². The van der Waals surface area contributed by atoms with Crippen LogP contribution in [0.5, 0.6) is 11.5 Å². The largest absolute Gasteiger partial charge is 0.490 e. The number of nitrogens with zero attached hydrogens (tertiary/aromatic N) is 5. The first kappa shape index (κ1) is 51.9. The van der Waals surface area contributed by atoms with Gasteiger partial charge in [-0.25, -0.2) is 8.78 Å². The first-order valence-corrected chi connectivity index (χ1v) is 25.0. The van der Waals surface area contributed by atoms with E-state index in [9.17, 15) is 8.78 Å². The molecule has 0 saturated carbocycles. The third-order valence-corrected chi connectivity index (χ3v) is 12.9. The minimum atomic E-state index is -0.312. The number of alkyl halides is 1. The first-order chi connectivity index (χ1) is 32.7. The van der Waals surface area contributed by atoms with Crippen LogP contribution in [0, 0.1) is 23.5 Å². The summed E-state index contributed by atoms with van der Waals surface area (Å²) >= 11 is 15.4. The molecular formula is C54H63BrCl2F2N6O2. The summed E-state index contributed by atoms with van der Waals surface area (Å²) in [4.78, 5) is 16.5. The van der Waals surface area contributed by atoms with Gasteiger partial charge in [-0.15, -0.1) is 0 Å². The van der Waals surface area contributed by atoms with E-state index in [1.54, 1.807) is 36.4 Å². The van der Waals surface area contributed by atoms with Crippen molar-refractivity contribution in [2.24, 2.45) is 11.8 Å². The molecule has 4 aromatic carbocycles. The van der Waals surface area contributed by atoms with Gasteiger partial charge in [0.05, 0.1) is 30.1 Å². The molecule has 2 unspecified atom stereocenters. The predicted molar refractivity (Wildman–Crippen MR) is 273 cm³/mol. The van der Waals surface area contributed by atoms with Crippen LogP contribution in [0.3, 0.4) is 0 Å². The van der Waals surface area contributed by atoms with Crippen LogP contribution in [0.25, 0.3) is 0 Å². The molecule has 0 bridgehead atoms. The highest BCUT2D eigenvalue weighted by atomic mass is 79.9. The Morgan fingerprint density at radius 3 is 1.48 bits per heavy atom. The number of hydrogen-bond acceptors (Lipinski definition) is 8. The topological polar surface area (TPSA) is 66.0 Å². The SMILES string of the molecule is CN(CC1CCN(CCOc2ccccc2F)CC1)C(c1ccc(Cl)cc1)c1ccccn1.CN(CC1CCNCC1)C(c1ccc(Cl)cc1)c1ccccn1.Fc1ccccc1OCCBr. The Kier molecular flexibility index (Phi) is 21.8. The normalized spacial score (nSPS) is 15.5. The van der Waals surface area contributed by atoms with E-state index in [2.05, 4.69) is 102 Å².